The van der Waals surface area contributed by atoms with Crippen LogP contribution in [0.4, 0.5) is 0 Å². The van der Waals surface area contributed by atoms with Crippen molar-refractivity contribution in [3.63, 3.8) is 0 Å². The molecule has 0 atom stereocenters. The van der Waals surface area contributed by atoms with E-state index < -0.39 is 0 Å². The first kappa shape index (κ1) is 8.43. The summed E-state index contributed by atoms with van der Waals surface area (Å²) in [6, 6.07) is 12.0. The molecule has 0 fully saturated rings. The van der Waals surface area contributed by atoms with Gasteiger partial charge < -0.3 is 0 Å². The zero-order chi connectivity index (χ0) is 8.93. The van der Waals surface area contributed by atoms with E-state index in [2.05, 4.69) is 9.97 Å². The highest BCUT2D eigenvalue weighted by Crippen LogP contribution is 1.78. The van der Waals surface area contributed by atoms with Gasteiger partial charge in [0.25, 0.3) is 0 Å². The molecule has 0 aliphatic carbocycles. The van der Waals surface area contributed by atoms with E-state index in [1.54, 1.807) is 0 Å². The van der Waals surface area contributed by atoms with Gasteiger partial charge in [0.05, 0.1) is 0 Å². The number of hydrogen-bond donors (Lipinski definition) is 0. The van der Waals surface area contributed by atoms with Gasteiger partial charge in [-0.2, -0.15) is 0 Å². The first-order valence-electron chi connectivity index (χ1n) is 4.12. The average Bonchev–Trinajstić information content (AvgIpc) is 2.21. The minimum absolute atomic E-state index is 0.0491. The van der Waals surface area contributed by atoms with Crippen molar-refractivity contribution in [2.24, 2.45) is 0 Å². The SMILES string of the molecule is c1cc[c]([Al][c]2ccccn2)nc1. The van der Waals surface area contributed by atoms with E-state index in [-0.39, 0.29) is 15.2 Å². The van der Waals surface area contributed by atoms with E-state index in [1.807, 2.05) is 48.8 Å². The van der Waals surface area contributed by atoms with Crippen molar-refractivity contribution in [1.82, 2.24) is 9.97 Å². The predicted molar refractivity (Wildman–Crippen MR) is 53.5 cm³/mol. The molecule has 13 heavy (non-hydrogen) atoms. The molecule has 2 rings (SSSR count). The lowest BCUT2D eigenvalue weighted by molar-refractivity contribution is 1.36. The molecular weight excluding hydrogens is 175 g/mol. The van der Waals surface area contributed by atoms with Crippen LogP contribution >= 0.6 is 0 Å². The predicted octanol–water partition coefficient (Wildman–Crippen LogP) is 0.132. The molecule has 0 unspecified atom stereocenters. The molecule has 0 amide bonds. The Balaban J connectivity index is 2.16. The van der Waals surface area contributed by atoms with Crippen molar-refractivity contribution in [3.05, 3.63) is 48.8 Å². The summed E-state index contributed by atoms with van der Waals surface area (Å²) in [5.41, 5.74) is 0. The van der Waals surface area contributed by atoms with Gasteiger partial charge in [0.15, 0.2) is 0 Å². The first-order valence-corrected chi connectivity index (χ1v) is 5.27. The Kier molecular flexibility index (Phi) is 2.71. The van der Waals surface area contributed by atoms with Gasteiger partial charge in [-0.25, -0.2) is 0 Å². The topological polar surface area (TPSA) is 25.8 Å². The second-order valence-corrected chi connectivity index (χ2v) is 4.13. The average molecular weight is 183 g/mol. The molecule has 0 aliphatic rings. The Morgan fingerprint density at radius 1 is 0.769 bits per heavy atom. The summed E-state index contributed by atoms with van der Waals surface area (Å²) < 4.78 is 2.28. The smallest absolute Gasteiger partial charge is 0.280 e. The molecule has 3 heteroatoms. The minimum atomic E-state index is 0.0491. The third-order valence-corrected chi connectivity index (χ3v) is 2.95. The van der Waals surface area contributed by atoms with E-state index in [9.17, 15) is 0 Å². The van der Waals surface area contributed by atoms with E-state index in [0.717, 1.165) is 9.11 Å². The minimum Gasteiger partial charge on any atom is -0.280 e. The lowest BCUT2D eigenvalue weighted by Gasteiger charge is -1.96. The molecule has 0 bridgehead atoms. The van der Waals surface area contributed by atoms with Gasteiger partial charge in [-0.1, -0.05) is 24.3 Å². The summed E-state index contributed by atoms with van der Waals surface area (Å²) in [6.07, 6.45) is 3.65. The van der Waals surface area contributed by atoms with Gasteiger partial charge in [-0.05, 0) is 21.2 Å². The summed E-state index contributed by atoms with van der Waals surface area (Å²) in [6.45, 7) is 0. The lowest BCUT2D eigenvalue weighted by atomic mass is 10.5. The van der Waals surface area contributed by atoms with Crippen LogP contribution in [0.2, 0.25) is 0 Å². The van der Waals surface area contributed by atoms with Gasteiger partial charge in [0.1, 0.15) is 0 Å². The van der Waals surface area contributed by atoms with Gasteiger partial charge in [-0.3, -0.25) is 9.97 Å². The lowest BCUT2D eigenvalue weighted by Crippen LogP contribution is -2.30. The summed E-state index contributed by atoms with van der Waals surface area (Å²) in [5, 5.41) is 0. The summed E-state index contributed by atoms with van der Waals surface area (Å²) in [5.74, 6) is 0. The highest BCUT2D eigenvalue weighted by molar-refractivity contribution is 6.65. The maximum Gasteiger partial charge on any atom is 0.361 e. The fourth-order valence-corrected chi connectivity index (χ4v) is 2.11. The monoisotopic (exact) mass is 183 g/mol. The van der Waals surface area contributed by atoms with Gasteiger partial charge >= 0.3 is 15.2 Å². The van der Waals surface area contributed by atoms with Crippen LogP contribution < -0.4 is 9.11 Å². The van der Waals surface area contributed by atoms with Crippen LogP contribution in [0.1, 0.15) is 0 Å². The standard InChI is InChI=1S/2C5H4N.Al/c2*1-2-4-6-5-3-1;/h2*1-4H;. The second-order valence-electron chi connectivity index (χ2n) is 2.65. The van der Waals surface area contributed by atoms with Gasteiger partial charge in [0.2, 0.25) is 0 Å². The number of nitrogens with zero attached hydrogens (tertiary/aromatic N) is 2. The Hall–Kier alpha value is -1.17. The van der Waals surface area contributed by atoms with Crippen molar-refractivity contribution in [2.75, 3.05) is 0 Å². The van der Waals surface area contributed by atoms with E-state index >= 15 is 0 Å². The van der Waals surface area contributed by atoms with Crippen molar-refractivity contribution in [1.29, 1.82) is 0 Å². The van der Waals surface area contributed by atoms with Gasteiger partial charge in [-0.15, -0.1) is 0 Å². The quantitative estimate of drug-likeness (QED) is 0.618. The molecule has 2 heterocycles. The molecule has 2 aromatic rings. The van der Waals surface area contributed by atoms with E-state index in [4.69, 9.17) is 0 Å². The van der Waals surface area contributed by atoms with Crippen LogP contribution in [-0.2, 0) is 0 Å². The van der Waals surface area contributed by atoms with Gasteiger partial charge in [0, 0.05) is 12.4 Å². The highest BCUT2D eigenvalue weighted by Gasteiger charge is 2.00. The molecule has 0 saturated carbocycles. The summed E-state index contributed by atoms with van der Waals surface area (Å²) in [7, 11) is 0. The number of rotatable bonds is 2. The third-order valence-electron chi connectivity index (χ3n) is 1.67. The highest BCUT2D eigenvalue weighted by atomic mass is 27.1. The Morgan fingerprint density at radius 2 is 1.31 bits per heavy atom. The fraction of sp³-hybridized carbons (Fsp3) is 0. The summed E-state index contributed by atoms with van der Waals surface area (Å²) >= 11 is 0.0491. The molecule has 0 aromatic carbocycles. The van der Waals surface area contributed by atoms with Crippen LogP contribution in [0.3, 0.4) is 0 Å². The van der Waals surface area contributed by atoms with Crippen molar-refractivity contribution < 1.29 is 0 Å². The Labute approximate surface area is 83.4 Å². The van der Waals surface area contributed by atoms with Crippen molar-refractivity contribution in [3.8, 4) is 0 Å². The number of hydrogen-bond acceptors (Lipinski definition) is 2. The van der Waals surface area contributed by atoms with Crippen molar-refractivity contribution in [2.45, 2.75) is 0 Å². The molecule has 61 valence electrons. The zero-order valence-corrected chi connectivity index (χ0v) is 8.25. The molecule has 0 N–H and O–H groups in total. The normalized spacial score (nSPS) is 9.54. The van der Waals surface area contributed by atoms with E-state index in [1.165, 1.54) is 0 Å². The Bertz CT molecular complexity index is 324. The fourth-order valence-electron chi connectivity index (χ4n) is 1.07. The largest absolute Gasteiger partial charge is 0.361 e. The molecule has 0 saturated heterocycles. The summed E-state index contributed by atoms with van der Waals surface area (Å²) in [4.78, 5) is 8.54. The van der Waals surface area contributed by atoms with Crippen LogP contribution in [-0.4, -0.2) is 25.2 Å². The zero-order valence-electron chi connectivity index (χ0n) is 7.09. The molecule has 0 aliphatic heterocycles. The third kappa shape index (κ3) is 2.38. The van der Waals surface area contributed by atoms with E-state index in [0.29, 0.717) is 0 Å². The number of aromatic nitrogens is 2. The molecule has 2 aromatic heterocycles. The number of pyridine rings is 2. The van der Waals surface area contributed by atoms with Crippen LogP contribution in [0.25, 0.3) is 0 Å². The van der Waals surface area contributed by atoms with Crippen LogP contribution in [0.15, 0.2) is 48.8 Å². The molecular formula is C10H8AlN2. The maximum absolute atomic E-state index is 4.27. The molecule has 2 nitrogen and oxygen atoms in total. The van der Waals surface area contributed by atoms with Crippen LogP contribution in [0.5, 0.6) is 0 Å². The Morgan fingerprint density at radius 3 is 1.69 bits per heavy atom. The molecule has 0 spiro atoms. The van der Waals surface area contributed by atoms with Crippen LogP contribution in [0, 0.1) is 0 Å². The van der Waals surface area contributed by atoms with Crippen molar-refractivity contribution >= 4 is 24.3 Å². The maximum atomic E-state index is 4.27. The second kappa shape index (κ2) is 4.18. The molecule has 1 radical (unpaired) electrons. The first-order chi connectivity index (χ1) is 6.45.